The minimum absolute atomic E-state index is 0.526. The van der Waals surface area contributed by atoms with Crippen molar-refractivity contribution in [2.45, 2.75) is 6.42 Å². The van der Waals surface area contributed by atoms with Gasteiger partial charge in [0.1, 0.15) is 0 Å². The molecule has 3 N–H and O–H groups in total. The van der Waals surface area contributed by atoms with E-state index in [2.05, 4.69) is 30.6 Å². The minimum atomic E-state index is 0.526. The van der Waals surface area contributed by atoms with Crippen LogP contribution >= 0.6 is 12.2 Å². The fourth-order valence-corrected chi connectivity index (χ4v) is 2.13. The van der Waals surface area contributed by atoms with Crippen molar-refractivity contribution in [3.8, 4) is 0 Å². The molecule has 0 aliphatic carbocycles. The summed E-state index contributed by atoms with van der Waals surface area (Å²) in [7, 11) is 0. The summed E-state index contributed by atoms with van der Waals surface area (Å²) in [6, 6.07) is 7.83. The van der Waals surface area contributed by atoms with Crippen LogP contribution in [0.2, 0.25) is 0 Å². The number of fused-ring (bicyclic) bond motifs is 1. The predicted molar refractivity (Wildman–Crippen MR) is 86.1 cm³/mol. The highest BCUT2D eigenvalue weighted by atomic mass is 32.1. The topological polar surface area (TPSA) is 78.5 Å². The van der Waals surface area contributed by atoms with Crippen molar-refractivity contribution in [3.63, 3.8) is 0 Å². The lowest BCUT2D eigenvalue weighted by atomic mass is 10.3. The van der Waals surface area contributed by atoms with Crippen LogP contribution in [0.5, 0.6) is 0 Å². The lowest BCUT2D eigenvalue weighted by Gasteiger charge is -2.07. The van der Waals surface area contributed by atoms with E-state index in [1.807, 2.05) is 24.3 Å². The van der Waals surface area contributed by atoms with E-state index in [4.69, 9.17) is 12.2 Å². The van der Waals surface area contributed by atoms with E-state index in [0.717, 1.165) is 23.1 Å². The molecule has 1 aromatic carbocycles. The fourth-order valence-electron chi connectivity index (χ4n) is 1.93. The summed E-state index contributed by atoms with van der Waals surface area (Å²) in [6.07, 6.45) is 5.85. The van der Waals surface area contributed by atoms with Crippen molar-refractivity contribution >= 4 is 34.3 Å². The molecule has 6 nitrogen and oxygen atoms in total. The number of benzene rings is 1. The van der Waals surface area contributed by atoms with Gasteiger partial charge >= 0.3 is 0 Å². The maximum Gasteiger partial charge on any atom is 0.207 e. The van der Waals surface area contributed by atoms with Gasteiger partial charge in [-0.25, -0.2) is 4.98 Å². The molecule has 0 unspecified atom stereocenters. The average Bonchev–Trinajstić information content (AvgIpc) is 2.90. The third-order valence-corrected chi connectivity index (χ3v) is 3.15. The lowest BCUT2D eigenvalue weighted by Crippen LogP contribution is -2.30. The Bertz CT molecular complexity index is 706. The Morgan fingerprint density at radius 1 is 1.24 bits per heavy atom. The van der Waals surface area contributed by atoms with Crippen LogP contribution in [0, 0.1) is 0 Å². The molecular weight excluding hydrogens is 284 g/mol. The van der Waals surface area contributed by atoms with Crippen molar-refractivity contribution in [1.82, 2.24) is 25.3 Å². The van der Waals surface area contributed by atoms with E-state index >= 15 is 0 Å². The molecule has 0 aliphatic rings. The third kappa shape index (κ3) is 3.51. The van der Waals surface area contributed by atoms with Crippen LogP contribution in [0.1, 0.15) is 5.69 Å². The van der Waals surface area contributed by atoms with E-state index in [9.17, 15) is 0 Å². The van der Waals surface area contributed by atoms with Crippen LogP contribution in [0.25, 0.3) is 11.0 Å². The van der Waals surface area contributed by atoms with Gasteiger partial charge in [0.2, 0.25) is 5.95 Å². The van der Waals surface area contributed by atoms with Gasteiger partial charge in [-0.15, -0.1) is 0 Å². The second kappa shape index (κ2) is 6.27. The Kier molecular flexibility index (Phi) is 4.02. The highest BCUT2D eigenvalue weighted by Gasteiger charge is 2.03. The summed E-state index contributed by atoms with van der Waals surface area (Å²) < 4.78 is 0. The molecule has 3 aromatic rings. The average molecular weight is 298 g/mol. The number of nitrogens with one attached hydrogen (secondary N) is 3. The van der Waals surface area contributed by atoms with Crippen molar-refractivity contribution < 1.29 is 0 Å². The van der Waals surface area contributed by atoms with E-state index in [1.165, 1.54) is 0 Å². The van der Waals surface area contributed by atoms with Gasteiger partial charge in [0.25, 0.3) is 0 Å². The monoisotopic (exact) mass is 298 g/mol. The number of H-pyrrole nitrogens is 1. The molecular formula is C14H14N6S. The quantitative estimate of drug-likeness (QED) is 0.638. The number of hydrogen-bond acceptors (Lipinski definition) is 4. The zero-order valence-electron chi connectivity index (χ0n) is 11.2. The number of para-hydroxylation sites is 2. The molecule has 21 heavy (non-hydrogen) atoms. The third-order valence-electron chi connectivity index (χ3n) is 2.90. The maximum atomic E-state index is 5.24. The van der Waals surface area contributed by atoms with Gasteiger partial charge in [-0.2, -0.15) is 0 Å². The van der Waals surface area contributed by atoms with Crippen molar-refractivity contribution in [2.24, 2.45) is 0 Å². The second-order valence-corrected chi connectivity index (χ2v) is 4.84. The van der Waals surface area contributed by atoms with Gasteiger partial charge in [0.15, 0.2) is 5.11 Å². The van der Waals surface area contributed by atoms with E-state index < -0.39 is 0 Å². The zero-order chi connectivity index (χ0) is 14.5. The molecule has 0 bridgehead atoms. The first kappa shape index (κ1) is 13.4. The molecule has 0 spiro atoms. The standard InChI is InChI=1S/C14H14N6S/c21-14(17-6-5-10-9-15-7-8-16-10)20-13-18-11-3-1-2-4-12(11)19-13/h1-4,7-9H,5-6H2,(H3,17,18,19,20,21). The number of anilines is 1. The molecule has 0 saturated heterocycles. The van der Waals surface area contributed by atoms with Crippen LogP contribution in [0.15, 0.2) is 42.9 Å². The highest BCUT2D eigenvalue weighted by Crippen LogP contribution is 2.12. The largest absolute Gasteiger partial charge is 0.362 e. The zero-order valence-corrected chi connectivity index (χ0v) is 12.0. The lowest BCUT2D eigenvalue weighted by molar-refractivity contribution is 0.839. The number of aromatic amines is 1. The van der Waals surface area contributed by atoms with Crippen molar-refractivity contribution in [1.29, 1.82) is 0 Å². The van der Waals surface area contributed by atoms with E-state index in [-0.39, 0.29) is 0 Å². The SMILES string of the molecule is S=C(NCCc1cnccn1)Nc1nc2ccccc2[nH]1. The first-order valence-electron chi connectivity index (χ1n) is 6.56. The van der Waals surface area contributed by atoms with Crippen LogP contribution in [-0.2, 0) is 6.42 Å². The summed E-state index contributed by atoms with van der Waals surface area (Å²) >= 11 is 5.24. The van der Waals surface area contributed by atoms with Crippen molar-refractivity contribution in [2.75, 3.05) is 11.9 Å². The Morgan fingerprint density at radius 2 is 2.14 bits per heavy atom. The summed E-state index contributed by atoms with van der Waals surface area (Å²) in [6.45, 7) is 0.685. The smallest absolute Gasteiger partial charge is 0.207 e. The minimum Gasteiger partial charge on any atom is -0.362 e. The van der Waals surface area contributed by atoms with Crippen LogP contribution in [0.3, 0.4) is 0 Å². The molecule has 106 valence electrons. The number of nitrogens with zero attached hydrogens (tertiary/aromatic N) is 3. The normalized spacial score (nSPS) is 10.5. The van der Waals surface area contributed by atoms with Gasteiger partial charge in [-0.1, -0.05) is 12.1 Å². The van der Waals surface area contributed by atoms with Crippen molar-refractivity contribution in [3.05, 3.63) is 48.5 Å². The molecule has 7 heteroatoms. The molecule has 2 aromatic heterocycles. The maximum absolute atomic E-state index is 5.24. The van der Waals surface area contributed by atoms with Crippen LogP contribution < -0.4 is 10.6 Å². The molecule has 0 aliphatic heterocycles. The fraction of sp³-hybridized carbons (Fsp3) is 0.143. The molecule has 3 rings (SSSR count). The number of aromatic nitrogens is 4. The molecule has 0 saturated carbocycles. The van der Waals surface area contributed by atoms with Gasteiger partial charge in [0.05, 0.1) is 16.7 Å². The first-order valence-corrected chi connectivity index (χ1v) is 6.96. The summed E-state index contributed by atoms with van der Waals surface area (Å²) in [4.78, 5) is 15.8. The molecule has 0 fully saturated rings. The Balaban J connectivity index is 1.52. The van der Waals surface area contributed by atoms with E-state index in [1.54, 1.807) is 18.6 Å². The number of rotatable bonds is 4. The summed E-state index contributed by atoms with van der Waals surface area (Å²) in [5.74, 6) is 0.633. The Morgan fingerprint density at radius 3 is 2.95 bits per heavy atom. The van der Waals surface area contributed by atoms with Gasteiger partial charge in [0, 0.05) is 31.6 Å². The molecule has 0 radical (unpaired) electrons. The Hall–Kier alpha value is -2.54. The van der Waals surface area contributed by atoms with Gasteiger partial charge in [-0.05, 0) is 24.4 Å². The number of thiocarbonyl (C=S) groups is 1. The van der Waals surface area contributed by atoms with Crippen LogP contribution in [-0.4, -0.2) is 31.6 Å². The second-order valence-electron chi connectivity index (χ2n) is 4.43. The molecule has 0 atom stereocenters. The summed E-state index contributed by atoms with van der Waals surface area (Å²) in [5.41, 5.74) is 2.81. The molecule has 0 amide bonds. The van der Waals surface area contributed by atoms with Gasteiger partial charge in [-0.3, -0.25) is 9.97 Å². The number of imidazole rings is 1. The first-order chi connectivity index (χ1) is 10.3. The highest BCUT2D eigenvalue weighted by molar-refractivity contribution is 7.80. The van der Waals surface area contributed by atoms with E-state index in [0.29, 0.717) is 17.6 Å². The number of hydrogen-bond donors (Lipinski definition) is 3. The van der Waals surface area contributed by atoms with Crippen LogP contribution in [0.4, 0.5) is 5.95 Å². The summed E-state index contributed by atoms with van der Waals surface area (Å²) in [5, 5.41) is 6.68. The predicted octanol–water partition coefficient (Wildman–Crippen LogP) is 1.88. The Labute approximate surface area is 127 Å². The molecule has 2 heterocycles. The van der Waals surface area contributed by atoms with Gasteiger partial charge < -0.3 is 15.6 Å².